The Labute approximate surface area is 185 Å². The molecule has 0 aliphatic carbocycles. The Balaban J connectivity index is 1.46. The number of fused-ring (bicyclic) bond motifs is 3. The van der Waals surface area contributed by atoms with Crippen LogP contribution < -0.4 is 10.2 Å². The van der Waals surface area contributed by atoms with Crippen LogP contribution in [0.1, 0.15) is 12.8 Å². The summed E-state index contributed by atoms with van der Waals surface area (Å²) in [5, 5.41) is 3.21. The number of esters is 1. The van der Waals surface area contributed by atoms with E-state index in [2.05, 4.69) is 5.32 Å². The first-order chi connectivity index (χ1) is 13.8. The number of rotatable bonds is 4. The number of benzene rings is 2. The summed E-state index contributed by atoms with van der Waals surface area (Å²) in [4.78, 5) is 38.7. The van der Waals surface area contributed by atoms with Crippen LogP contribution >= 0.6 is 46.6 Å². The molecule has 2 aliphatic heterocycles. The predicted molar refractivity (Wildman–Crippen MR) is 113 cm³/mol. The van der Waals surface area contributed by atoms with Crippen molar-refractivity contribution in [3.63, 3.8) is 0 Å². The van der Waals surface area contributed by atoms with Gasteiger partial charge in [0.2, 0.25) is 5.91 Å². The van der Waals surface area contributed by atoms with Gasteiger partial charge in [0.1, 0.15) is 0 Å². The summed E-state index contributed by atoms with van der Waals surface area (Å²) in [6.07, 6.45) is 0.547. The molecule has 1 atom stereocenters. The number of carbonyl (C=O) groups excluding carboxylic acids is 3. The zero-order chi connectivity index (χ0) is 20.8. The first kappa shape index (κ1) is 20.3. The maximum Gasteiger partial charge on any atom is 0.344 e. The molecule has 150 valence electrons. The molecule has 0 spiro atoms. The van der Waals surface area contributed by atoms with Gasteiger partial charge in [-0.15, -0.1) is 0 Å². The maximum atomic E-state index is 12.9. The van der Waals surface area contributed by atoms with Crippen molar-refractivity contribution < 1.29 is 19.1 Å². The van der Waals surface area contributed by atoms with Gasteiger partial charge < -0.3 is 10.1 Å². The molecule has 1 saturated heterocycles. The van der Waals surface area contributed by atoms with Crippen LogP contribution in [0.4, 0.5) is 11.4 Å². The monoisotopic (exact) mass is 470 g/mol. The quantitative estimate of drug-likeness (QED) is 0.514. The van der Waals surface area contributed by atoms with E-state index in [1.165, 1.54) is 28.8 Å². The third-order valence-corrected chi connectivity index (χ3v) is 7.10. The SMILES string of the molecule is O=C(COC(=O)C12CCC(=O)N1c1ccccc1S2)Nc1cc(Cl)c(Cl)cc1Cl. The highest BCUT2D eigenvalue weighted by molar-refractivity contribution is 8.02. The van der Waals surface area contributed by atoms with Gasteiger partial charge in [-0.25, -0.2) is 4.79 Å². The summed E-state index contributed by atoms with van der Waals surface area (Å²) in [5.74, 6) is -1.38. The Morgan fingerprint density at radius 1 is 1.14 bits per heavy atom. The van der Waals surface area contributed by atoms with E-state index >= 15 is 0 Å². The molecule has 2 amide bonds. The van der Waals surface area contributed by atoms with Crippen LogP contribution in [0, 0.1) is 0 Å². The molecule has 0 radical (unpaired) electrons. The Bertz CT molecular complexity index is 1050. The van der Waals surface area contributed by atoms with Crippen molar-refractivity contribution in [2.75, 3.05) is 16.8 Å². The van der Waals surface area contributed by atoms with E-state index in [1.54, 1.807) is 12.1 Å². The third kappa shape index (κ3) is 3.57. The first-order valence-electron chi connectivity index (χ1n) is 8.54. The number of hydrogen-bond acceptors (Lipinski definition) is 5. The van der Waals surface area contributed by atoms with Gasteiger partial charge >= 0.3 is 5.97 Å². The lowest BCUT2D eigenvalue weighted by atomic mass is 10.2. The number of nitrogens with zero attached hydrogens (tertiary/aromatic N) is 1. The van der Waals surface area contributed by atoms with Gasteiger partial charge in [0.25, 0.3) is 5.91 Å². The lowest BCUT2D eigenvalue weighted by Gasteiger charge is -2.28. The number of ether oxygens (including phenoxy) is 1. The Kier molecular flexibility index (Phi) is 5.42. The van der Waals surface area contributed by atoms with Gasteiger partial charge in [0.05, 0.1) is 26.4 Å². The van der Waals surface area contributed by atoms with Crippen LogP contribution in [0.25, 0.3) is 0 Å². The van der Waals surface area contributed by atoms with E-state index in [-0.39, 0.29) is 33.1 Å². The van der Waals surface area contributed by atoms with Crippen LogP contribution in [0.5, 0.6) is 0 Å². The molecule has 2 aliphatic rings. The molecule has 2 aromatic rings. The number of carbonyl (C=O) groups is 3. The molecule has 10 heteroatoms. The fourth-order valence-corrected chi connectivity index (χ4v) is 5.33. The van der Waals surface area contributed by atoms with Crippen LogP contribution in [0.3, 0.4) is 0 Å². The number of thioether (sulfide) groups is 1. The third-order valence-electron chi connectivity index (χ3n) is 4.61. The van der Waals surface area contributed by atoms with Crippen LogP contribution in [-0.4, -0.2) is 29.3 Å². The molecule has 6 nitrogen and oxygen atoms in total. The molecule has 1 N–H and O–H groups in total. The summed E-state index contributed by atoms with van der Waals surface area (Å²) in [6, 6.07) is 10.1. The zero-order valence-electron chi connectivity index (χ0n) is 14.7. The molecular weight excluding hydrogens is 459 g/mol. The smallest absolute Gasteiger partial charge is 0.344 e. The first-order valence-corrected chi connectivity index (χ1v) is 10.5. The lowest BCUT2D eigenvalue weighted by molar-refractivity contribution is -0.149. The average Bonchev–Trinajstić information content (AvgIpc) is 3.20. The van der Waals surface area contributed by atoms with Gasteiger partial charge in [0.15, 0.2) is 11.5 Å². The van der Waals surface area contributed by atoms with E-state index in [0.717, 1.165) is 4.90 Å². The summed E-state index contributed by atoms with van der Waals surface area (Å²) in [6.45, 7) is -0.532. The number of amides is 2. The number of nitrogens with one attached hydrogen (secondary N) is 1. The van der Waals surface area contributed by atoms with Crippen LogP contribution in [-0.2, 0) is 19.1 Å². The molecular formula is C19H13Cl3N2O4S. The number of halogens is 3. The molecule has 0 bridgehead atoms. The topological polar surface area (TPSA) is 75.7 Å². The average molecular weight is 472 g/mol. The van der Waals surface area contributed by atoms with Crippen molar-refractivity contribution in [2.45, 2.75) is 22.6 Å². The van der Waals surface area contributed by atoms with Crippen molar-refractivity contribution in [2.24, 2.45) is 0 Å². The fourth-order valence-electron chi connectivity index (χ4n) is 3.32. The van der Waals surface area contributed by atoms with Gasteiger partial charge in [-0.2, -0.15) is 0 Å². The van der Waals surface area contributed by atoms with Crippen molar-refractivity contribution >= 4 is 75.7 Å². The number of hydrogen-bond donors (Lipinski definition) is 1. The van der Waals surface area contributed by atoms with Gasteiger partial charge in [-0.1, -0.05) is 58.7 Å². The zero-order valence-corrected chi connectivity index (χ0v) is 17.8. The van der Waals surface area contributed by atoms with E-state index in [0.29, 0.717) is 12.1 Å². The molecule has 2 aromatic carbocycles. The molecule has 0 aromatic heterocycles. The van der Waals surface area contributed by atoms with E-state index in [9.17, 15) is 14.4 Å². The van der Waals surface area contributed by atoms with Crippen molar-refractivity contribution in [3.8, 4) is 0 Å². The van der Waals surface area contributed by atoms with Crippen molar-refractivity contribution in [1.82, 2.24) is 0 Å². The largest absolute Gasteiger partial charge is 0.453 e. The minimum atomic E-state index is -1.18. The summed E-state index contributed by atoms with van der Waals surface area (Å²) in [7, 11) is 0. The maximum absolute atomic E-state index is 12.9. The van der Waals surface area contributed by atoms with E-state index in [1.807, 2.05) is 12.1 Å². The van der Waals surface area contributed by atoms with Gasteiger partial charge in [-0.05, 0) is 24.3 Å². The van der Waals surface area contributed by atoms with Crippen LogP contribution in [0.2, 0.25) is 15.1 Å². The predicted octanol–water partition coefficient (Wildman–Crippen LogP) is 4.76. The normalized spacial score (nSPS) is 19.7. The second-order valence-electron chi connectivity index (χ2n) is 6.45. The van der Waals surface area contributed by atoms with Gasteiger partial charge in [0, 0.05) is 17.7 Å². The molecule has 2 heterocycles. The number of para-hydroxylation sites is 1. The standard InChI is InChI=1S/C19H13Cl3N2O4S/c20-10-7-12(22)13(8-11(10)21)23-16(25)9-28-18(27)19-6-5-17(26)24(19)14-3-1-2-4-15(14)29-19/h1-4,7-8H,5-6,9H2,(H,23,25). The van der Waals surface area contributed by atoms with E-state index in [4.69, 9.17) is 39.5 Å². The van der Waals surface area contributed by atoms with Gasteiger partial charge in [-0.3, -0.25) is 14.5 Å². The second-order valence-corrected chi connectivity index (χ2v) is 8.99. The fraction of sp³-hybridized carbons (Fsp3) is 0.211. The highest BCUT2D eigenvalue weighted by Crippen LogP contribution is 2.56. The highest BCUT2D eigenvalue weighted by atomic mass is 35.5. The van der Waals surface area contributed by atoms with Crippen molar-refractivity contribution in [1.29, 1.82) is 0 Å². The number of anilines is 2. The second kappa shape index (κ2) is 7.72. The Hall–Kier alpha value is -1.93. The van der Waals surface area contributed by atoms with Crippen molar-refractivity contribution in [3.05, 3.63) is 51.5 Å². The highest BCUT2D eigenvalue weighted by Gasteiger charge is 2.58. The molecule has 0 saturated carbocycles. The lowest BCUT2D eigenvalue weighted by Crippen LogP contribution is -2.48. The Morgan fingerprint density at radius 3 is 2.66 bits per heavy atom. The molecule has 1 unspecified atom stereocenters. The Morgan fingerprint density at radius 2 is 1.86 bits per heavy atom. The van der Waals surface area contributed by atoms with E-state index < -0.39 is 23.4 Å². The molecule has 4 rings (SSSR count). The summed E-state index contributed by atoms with van der Waals surface area (Å²) in [5.41, 5.74) is 0.935. The van der Waals surface area contributed by atoms with Crippen LogP contribution in [0.15, 0.2) is 41.3 Å². The minimum Gasteiger partial charge on any atom is -0.453 e. The summed E-state index contributed by atoms with van der Waals surface area (Å²) < 4.78 is 5.27. The molecule has 29 heavy (non-hydrogen) atoms. The summed E-state index contributed by atoms with van der Waals surface area (Å²) >= 11 is 19.1. The molecule has 1 fully saturated rings. The minimum absolute atomic E-state index is 0.147.